The van der Waals surface area contributed by atoms with Crippen LogP contribution in [0.25, 0.3) is 33.4 Å². The zero-order valence-electron chi connectivity index (χ0n) is 25.8. The fraction of sp³-hybridized carbons (Fsp3) is 0.111. The topological polar surface area (TPSA) is 143 Å². The molecule has 0 aliphatic heterocycles. The van der Waals surface area contributed by atoms with E-state index in [-0.39, 0.29) is 36.4 Å². The van der Waals surface area contributed by atoms with Crippen LogP contribution in [0.3, 0.4) is 0 Å². The van der Waals surface area contributed by atoms with E-state index < -0.39 is 125 Å². The Kier molecular flexibility index (Phi) is 8.96. The van der Waals surface area contributed by atoms with Crippen LogP contribution in [-0.2, 0) is 24.7 Å². The molecule has 0 unspecified atom stereocenters. The van der Waals surface area contributed by atoms with E-state index >= 15 is 0 Å². The molecule has 0 amide bonds. The van der Waals surface area contributed by atoms with Gasteiger partial charge in [-0.1, -0.05) is 0 Å². The molecule has 266 valence electrons. The van der Waals surface area contributed by atoms with Gasteiger partial charge in [-0.3, -0.25) is 0 Å². The lowest BCUT2D eigenvalue weighted by atomic mass is 9.89. The van der Waals surface area contributed by atoms with Gasteiger partial charge in [0.2, 0.25) is 0 Å². The third-order valence-corrected chi connectivity index (χ3v) is 8.16. The first-order chi connectivity index (χ1) is 25.0. The van der Waals surface area contributed by atoms with Gasteiger partial charge in [-0.05, 0) is 70.8 Å². The molecule has 54 heavy (non-hydrogen) atoms. The minimum absolute atomic E-state index is 0.216. The second-order valence-corrected chi connectivity index (χ2v) is 11.2. The van der Waals surface area contributed by atoms with Crippen molar-refractivity contribution in [2.45, 2.75) is 24.7 Å². The lowest BCUT2D eigenvalue weighted by Gasteiger charge is -2.16. The standard InChI is InChI=1S/C36H8F12N6/c37-33(38,39)19-1-15(2-20(5-19)34(40,41)42)29-27(13-53)23-7-26-24(8-25(23)31(29)17(9-49)10-50)28(14-54)30(32(26)18(11-51)12-52)16-3-21(35(43,44)45)6-22(4-16)36(46,47)48/h1-8H. The molecule has 0 saturated heterocycles. The molecule has 3 aromatic carbocycles. The van der Waals surface area contributed by atoms with Crippen molar-refractivity contribution in [2.75, 3.05) is 0 Å². The molecule has 2 aliphatic rings. The highest BCUT2D eigenvalue weighted by molar-refractivity contribution is 6.30. The lowest BCUT2D eigenvalue weighted by Crippen LogP contribution is -2.12. The van der Waals surface area contributed by atoms with Crippen LogP contribution in [-0.4, -0.2) is 0 Å². The monoisotopic (exact) mass is 752 g/mol. The van der Waals surface area contributed by atoms with E-state index in [0.717, 1.165) is 12.1 Å². The summed E-state index contributed by atoms with van der Waals surface area (Å²) in [6.07, 6.45) is -21.6. The number of rotatable bonds is 2. The lowest BCUT2D eigenvalue weighted by molar-refractivity contribution is -0.144. The number of alkyl halides is 12. The fourth-order valence-electron chi connectivity index (χ4n) is 6.02. The number of allylic oxidation sites excluding steroid dienone is 8. The second kappa shape index (κ2) is 12.7. The first-order valence-corrected chi connectivity index (χ1v) is 14.2. The van der Waals surface area contributed by atoms with Gasteiger partial charge >= 0.3 is 24.7 Å². The van der Waals surface area contributed by atoms with E-state index in [4.69, 9.17) is 0 Å². The predicted octanol–water partition coefficient (Wildman–Crippen LogP) is 10.3. The van der Waals surface area contributed by atoms with Crippen LogP contribution in [0, 0.1) is 68.0 Å². The number of halogens is 12. The molecule has 0 aromatic heterocycles. The maximum atomic E-state index is 13.9. The SMILES string of the molecule is N#CC(C#N)=C1C(c2cc(C(F)(F)F)cc(C(F)(F)F)c2)=C(C#N)c2cc3c(cc21)C(C#N)=C(c1cc(C(F)(F)F)cc(C(F)(F)F)c1)C3=C(C#N)C#N. The fourth-order valence-corrected chi connectivity index (χ4v) is 6.02. The summed E-state index contributed by atoms with van der Waals surface area (Å²) in [5.41, 5.74) is -17.6. The van der Waals surface area contributed by atoms with E-state index in [9.17, 15) is 84.3 Å². The Morgan fingerprint density at radius 3 is 0.833 bits per heavy atom. The van der Waals surface area contributed by atoms with Crippen molar-refractivity contribution >= 4 is 33.4 Å². The van der Waals surface area contributed by atoms with Gasteiger partial charge < -0.3 is 0 Å². The third kappa shape index (κ3) is 6.27. The quantitative estimate of drug-likeness (QED) is 0.188. The summed E-state index contributed by atoms with van der Waals surface area (Å²) < 4.78 is 166. The van der Waals surface area contributed by atoms with Gasteiger partial charge in [0.25, 0.3) is 0 Å². The van der Waals surface area contributed by atoms with E-state index in [2.05, 4.69) is 0 Å². The summed E-state index contributed by atoms with van der Waals surface area (Å²) >= 11 is 0. The summed E-state index contributed by atoms with van der Waals surface area (Å²) in [6, 6.07) is 11.0. The van der Waals surface area contributed by atoms with Gasteiger partial charge in [0, 0.05) is 33.4 Å². The Balaban J connectivity index is 1.96. The van der Waals surface area contributed by atoms with Gasteiger partial charge in [-0.15, -0.1) is 0 Å². The molecule has 2 aliphatic carbocycles. The number of benzene rings is 3. The van der Waals surface area contributed by atoms with E-state index in [1.54, 1.807) is 12.1 Å². The summed E-state index contributed by atoms with van der Waals surface area (Å²) in [5.74, 6) is 0. The Morgan fingerprint density at radius 2 is 0.630 bits per heavy atom. The Labute approximate surface area is 294 Å². The largest absolute Gasteiger partial charge is 0.416 e. The summed E-state index contributed by atoms with van der Waals surface area (Å²) in [4.78, 5) is 0. The molecule has 0 atom stereocenters. The summed E-state index contributed by atoms with van der Waals surface area (Å²) in [7, 11) is 0. The highest BCUT2D eigenvalue weighted by atomic mass is 19.4. The van der Waals surface area contributed by atoms with Crippen LogP contribution in [0.4, 0.5) is 52.7 Å². The average molecular weight is 752 g/mol. The molecule has 0 N–H and O–H groups in total. The molecule has 6 nitrogen and oxygen atoms in total. The maximum Gasteiger partial charge on any atom is 0.416 e. The van der Waals surface area contributed by atoms with Crippen molar-refractivity contribution in [3.05, 3.63) is 115 Å². The molecule has 3 aromatic rings. The highest BCUT2D eigenvalue weighted by Crippen LogP contribution is 2.55. The molecule has 5 rings (SSSR count). The number of nitrogens with zero attached hydrogens (tertiary/aromatic N) is 6. The van der Waals surface area contributed by atoms with Crippen molar-refractivity contribution < 1.29 is 52.7 Å². The van der Waals surface area contributed by atoms with Crippen LogP contribution in [0.5, 0.6) is 0 Å². The zero-order valence-corrected chi connectivity index (χ0v) is 25.8. The Bertz CT molecular complexity index is 2330. The second-order valence-electron chi connectivity index (χ2n) is 11.2. The number of fused-ring (bicyclic) bond motifs is 2. The van der Waals surface area contributed by atoms with Crippen LogP contribution in [0.15, 0.2) is 59.7 Å². The van der Waals surface area contributed by atoms with Crippen molar-refractivity contribution in [3.8, 4) is 36.4 Å². The Hall–Kier alpha value is -7.28. The maximum absolute atomic E-state index is 13.9. The first-order valence-electron chi connectivity index (χ1n) is 14.2. The number of nitriles is 6. The summed E-state index contributed by atoms with van der Waals surface area (Å²) in [6.45, 7) is 0. The van der Waals surface area contributed by atoms with Crippen molar-refractivity contribution in [3.63, 3.8) is 0 Å². The van der Waals surface area contributed by atoms with Crippen molar-refractivity contribution in [1.29, 1.82) is 31.6 Å². The average Bonchev–Trinajstić information content (AvgIpc) is 3.58. The first kappa shape index (κ1) is 38.0. The van der Waals surface area contributed by atoms with Crippen LogP contribution in [0.1, 0.15) is 55.6 Å². The minimum atomic E-state index is -5.39. The van der Waals surface area contributed by atoms with Crippen LogP contribution in [0.2, 0.25) is 0 Å². The third-order valence-electron chi connectivity index (χ3n) is 8.16. The van der Waals surface area contributed by atoms with Crippen LogP contribution < -0.4 is 0 Å². The number of hydrogen-bond acceptors (Lipinski definition) is 6. The molecule has 0 spiro atoms. The smallest absolute Gasteiger partial charge is 0.192 e. The normalized spacial score (nSPS) is 14.0. The minimum Gasteiger partial charge on any atom is -0.192 e. The van der Waals surface area contributed by atoms with Gasteiger partial charge in [-0.25, -0.2) is 0 Å². The molecule has 0 fully saturated rings. The molecule has 0 bridgehead atoms. The van der Waals surface area contributed by atoms with Crippen LogP contribution >= 0.6 is 0 Å². The molecular weight excluding hydrogens is 744 g/mol. The Morgan fingerprint density at radius 1 is 0.370 bits per heavy atom. The molecule has 0 saturated carbocycles. The summed E-state index contributed by atoms with van der Waals surface area (Å²) in [5, 5.41) is 59.9. The number of hydrogen-bond donors (Lipinski definition) is 0. The van der Waals surface area contributed by atoms with E-state index in [0.29, 0.717) is 0 Å². The molecular formula is C36H8F12N6. The molecule has 0 radical (unpaired) electrons. The molecule has 18 heteroatoms. The van der Waals surface area contributed by atoms with Gasteiger partial charge in [0.05, 0.1) is 33.4 Å². The zero-order chi connectivity index (χ0) is 40.3. The van der Waals surface area contributed by atoms with E-state index in [1.165, 1.54) is 24.3 Å². The highest BCUT2D eigenvalue weighted by Gasteiger charge is 2.42. The van der Waals surface area contributed by atoms with Gasteiger partial charge in [0.1, 0.15) is 47.6 Å². The van der Waals surface area contributed by atoms with Gasteiger partial charge in [0.15, 0.2) is 0 Å². The van der Waals surface area contributed by atoms with Crippen molar-refractivity contribution in [1.82, 2.24) is 0 Å². The predicted molar refractivity (Wildman–Crippen MR) is 160 cm³/mol. The van der Waals surface area contributed by atoms with Gasteiger partial charge in [-0.2, -0.15) is 84.3 Å². The van der Waals surface area contributed by atoms with Crippen molar-refractivity contribution in [2.24, 2.45) is 0 Å². The molecule has 0 heterocycles. The van der Waals surface area contributed by atoms with E-state index in [1.807, 2.05) is 0 Å².